The van der Waals surface area contributed by atoms with Crippen molar-refractivity contribution in [2.24, 2.45) is 17.4 Å². The monoisotopic (exact) mass is 227 g/mol. The lowest BCUT2D eigenvalue weighted by molar-refractivity contribution is -0.122. The maximum absolute atomic E-state index is 11.7. The molecule has 0 aromatic rings. The van der Waals surface area contributed by atoms with Gasteiger partial charge in [0.05, 0.1) is 0 Å². The van der Waals surface area contributed by atoms with Gasteiger partial charge in [-0.05, 0) is 38.6 Å². The molecule has 0 spiro atoms. The lowest BCUT2D eigenvalue weighted by Crippen LogP contribution is -2.44. The quantitative estimate of drug-likeness (QED) is 0.648. The van der Waals surface area contributed by atoms with Gasteiger partial charge >= 0.3 is 0 Å². The average Bonchev–Trinajstić information content (AvgIpc) is 2.27. The molecule has 5 N–H and O–H groups in total. The van der Waals surface area contributed by atoms with Crippen molar-refractivity contribution < 1.29 is 4.79 Å². The summed E-state index contributed by atoms with van der Waals surface area (Å²) in [6.45, 7) is 2.61. The molecule has 0 heterocycles. The molecule has 3 atom stereocenters. The lowest BCUT2D eigenvalue weighted by atomic mass is 9.84. The Morgan fingerprint density at radius 1 is 1.44 bits per heavy atom. The number of rotatable bonds is 5. The molecule has 16 heavy (non-hydrogen) atoms. The SMILES string of the molecule is CC(N)CCC(=O)NC1CCCCC1CN. The van der Waals surface area contributed by atoms with Gasteiger partial charge in [-0.25, -0.2) is 0 Å². The van der Waals surface area contributed by atoms with Crippen LogP contribution in [0, 0.1) is 5.92 Å². The van der Waals surface area contributed by atoms with E-state index < -0.39 is 0 Å². The van der Waals surface area contributed by atoms with Crippen molar-refractivity contribution >= 4 is 5.91 Å². The molecule has 0 aromatic heterocycles. The van der Waals surface area contributed by atoms with Crippen molar-refractivity contribution in [3.05, 3.63) is 0 Å². The first-order valence-corrected chi connectivity index (χ1v) is 6.38. The summed E-state index contributed by atoms with van der Waals surface area (Å²) in [6.07, 6.45) is 5.96. The molecule has 4 nitrogen and oxygen atoms in total. The van der Waals surface area contributed by atoms with Crippen molar-refractivity contribution in [2.45, 2.75) is 57.5 Å². The molecule has 1 aliphatic rings. The molecule has 1 saturated carbocycles. The molecule has 0 saturated heterocycles. The van der Waals surface area contributed by atoms with E-state index in [4.69, 9.17) is 11.5 Å². The van der Waals surface area contributed by atoms with Gasteiger partial charge in [-0.1, -0.05) is 12.8 Å². The molecule has 0 aromatic carbocycles. The van der Waals surface area contributed by atoms with E-state index >= 15 is 0 Å². The van der Waals surface area contributed by atoms with E-state index in [-0.39, 0.29) is 11.9 Å². The van der Waals surface area contributed by atoms with Crippen LogP contribution >= 0.6 is 0 Å². The lowest BCUT2D eigenvalue weighted by Gasteiger charge is -2.31. The van der Waals surface area contributed by atoms with Gasteiger partial charge in [-0.3, -0.25) is 4.79 Å². The predicted octanol–water partition coefficient (Wildman–Crippen LogP) is 0.748. The Kier molecular flexibility index (Phi) is 5.77. The molecule has 0 bridgehead atoms. The Morgan fingerprint density at radius 3 is 2.75 bits per heavy atom. The Balaban J connectivity index is 2.30. The number of carbonyl (C=O) groups is 1. The van der Waals surface area contributed by atoms with E-state index in [2.05, 4.69) is 5.32 Å². The van der Waals surface area contributed by atoms with Crippen LogP contribution in [-0.2, 0) is 4.79 Å². The Bertz CT molecular complexity index is 218. The molecule has 1 rings (SSSR count). The third-order valence-electron chi connectivity index (χ3n) is 3.38. The summed E-state index contributed by atoms with van der Waals surface area (Å²) in [5.74, 6) is 0.593. The fourth-order valence-electron chi connectivity index (χ4n) is 2.32. The van der Waals surface area contributed by atoms with Crippen LogP contribution in [0.15, 0.2) is 0 Å². The zero-order valence-corrected chi connectivity index (χ0v) is 10.2. The van der Waals surface area contributed by atoms with Crippen LogP contribution < -0.4 is 16.8 Å². The van der Waals surface area contributed by atoms with Gasteiger partial charge in [0, 0.05) is 18.5 Å². The summed E-state index contributed by atoms with van der Waals surface area (Å²) in [6, 6.07) is 0.391. The summed E-state index contributed by atoms with van der Waals surface area (Å²) in [5, 5.41) is 3.10. The second kappa shape index (κ2) is 6.86. The van der Waals surface area contributed by atoms with Crippen molar-refractivity contribution in [1.82, 2.24) is 5.32 Å². The first kappa shape index (κ1) is 13.5. The highest BCUT2D eigenvalue weighted by Gasteiger charge is 2.24. The number of amides is 1. The number of carbonyl (C=O) groups excluding carboxylic acids is 1. The van der Waals surface area contributed by atoms with E-state index in [9.17, 15) is 4.79 Å². The molecule has 3 unspecified atom stereocenters. The van der Waals surface area contributed by atoms with Crippen LogP contribution in [0.25, 0.3) is 0 Å². The van der Waals surface area contributed by atoms with Crippen LogP contribution in [0.2, 0.25) is 0 Å². The smallest absolute Gasteiger partial charge is 0.220 e. The van der Waals surface area contributed by atoms with Crippen LogP contribution in [0.3, 0.4) is 0 Å². The van der Waals surface area contributed by atoms with Crippen molar-refractivity contribution in [3.63, 3.8) is 0 Å². The van der Waals surface area contributed by atoms with E-state index in [0.717, 1.165) is 19.3 Å². The highest BCUT2D eigenvalue weighted by Crippen LogP contribution is 2.23. The second-order valence-corrected chi connectivity index (χ2v) is 4.97. The van der Waals surface area contributed by atoms with E-state index in [1.165, 1.54) is 12.8 Å². The molecule has 94 valence electrons. The first-order valence-electron chi connectivity index (χ1n) is 6.38. The van der Waals surface area contributed by atoms with E-state index in [1.807, 2.05) is 6.92 Å². The van der Waals surface area contributed by atoms with Crippen molar-refractivity contribution in [3.8, 4) is 0 Å². The van der Waals surface area contributed by atoms with E-state index in [0.29, 0.717) is 24.9 Å². The summed E-state index contributed by atoms with van der Waals surface area (Å²) in [7, 11) is 0. The van der Waals surface area contributed by atoms with Crippen LogP contribution in [-0.4, -0.2) is 24.5 Å². The highest BCUT2D eigenvalue weighted by atomic mass is 16.1. The largest absolute Gasteiger partial charge is 0.353 e. The minimum absolute atomic E-state index is 0.0995. The third kappa shape index (κ3) is 4.49. The predicted molar refractivity (Wildman–Crippen MR) is 65.8 cm³/mol. The van der Waals surface area contributed by atoms with Gasteiger partial charge in [0.2, 0.25) is 5.91 Å². The molecular weight excluding hydrogens is 202 g/mol. The summed E-state index contributed by atoms with van der Waals surface area (Å²) >= 11 is 0. The minimum atomic E-state index is 0.0995. The maximum atomic E-state index is 11.7. The normalized spacial score (nSPS) is 27.4. The molecule has 0 aliphatic heterocycles. The molecule has 1 aliphatic carbocycles. The number of nitrogens with one attached hydrogen (secondary N) is 1. The van der Waals surface area contributed by atoms with E-state index in [1.54, 1.807) is 0 Å². The van der Waals surface area contributed by atoms with Crippen LogP contribution in [0.1, 0.15) is 45.4 Å². The topological polar surface area (TPSA) is 81.1 Å². The molecule has 4 heteroatoms. The zero-order valence-electron chi connectivity index (χ0n) is 10.2. The fourth-order valence-corrected chi connectivity index (χ4v) is 2.32. The average molecular weight is 227 g/mol. The minimum Gasteiger partial charge on any atom is -0.353 e. The highest BCUT2D eigenvalue weighted by molar-refractivity contribution is 5.76. The summed E-state index contributed by atoms with van der Waals surface area (Å²) < 4.78 is 0. The second-order valence-electron chi connectivity index (χ2n) is 4.97. The Hall–Kier alpha value is -0.610. The number of hydrogen-bond donors (Lipinski definition) is 3. The van der Waals surface area contributed by atoms with Crippen LogP contribution in [0.4, 0.5) is 0 Å². The van der Waals surface area contributed by atoms with Gasteiger partial charge in [-0.15, -0.1) is 0 Å². The Labute approximate surface area is 98.1 Å². The van der Waals surface area contributed by atoms with Gasteiger partial charge in [0.1, 0.15) is 0 Å². The molecular formula is C12H25N3O. The van der Waals surface area contributed by atoms with Gasteiger partial charge in [0.15, 0.2) is 0 Å². The fraction of sp³-hybridized carbons (Fsp3) is 0.917. The third-order valence-corrected chi connectivity index (χ3v) is 3.38. The first-order chi connectivity index (χ1) is 7.63. The number of hydrogen-bond acceptors (Lipinski definition) is 3. The standard InChI is InChI=1S/C12H25N3O/c1-9(14)6-7-12(16)15-11-5-3-2-4-10(11)8-13/h9-11H,2-8,13-14H2,1H3,(H,15,16). The van der Waals surface area contributed by atoms with Crippen molar-refractivity contribution in [1.29, 1.82) is 0 Å². The number of nitrogens with two attached hydrogens (primary N) is 2. The molecule has 1 fully saturated rings. The summed E-state index contributed by atoms with van der Waals surface area (Å²) in [4.78, 5) is 11.7. The Morgan fingerprint density at radius 2 is 2.12 bits per heavy atom. The van der Waals surface area contributed by atoms with Crippen LogP contribution in [0.5, 0.6) is 0 Å². The summed E-state index contributed by atoms with van der Waals surface area (Å²) in [5.41, 5.74) is 11.3. The molecule has 1 amide bonds. The maximum Gasteiger partial charge on any atom is 0.220 e. The van der Waals surface area contributed by atoms with Gasteiger partial charge < -0.3 is 16.8 Å². The van der Waals surface area contributed by atoms with Gasteiger partial charge in [0.25, 0.3) is 0 Å². The van der Waals surface area contributed by atoms with Crippen molar-refractivity contribution in [2.75, 3.05) is 6.54 Å². The van der Waals surface area contributed by atoms with Gasteiger partial charge in [-0.2, -0.15) is 0 Å². The zero-order chi connectivity index (χ0) is 12.0. The molecule has 0 radical (unpaired) electrons.